The highest BCUT2D eigenvalue weighted by molar-refractivity contribution is 6.42. The third-order valence-corrected chi connectivity index (χ3v) is 3.81. The second-order valence-electron chi connectivity index (χ2n) is 4.72. The minimum atomic E-state index is -0.337. The molecule has 4 nitrogen and oxygen atoms in total. The number of anilines is 1. The number of nitrogens with zero attached hydrogens (tertiary/aromatic N) is 2. The Kier molecular flexibility index (Phi) is 6.02. The Balaban J connectivity index is 2.07. The van der Waals surface area contributed by atoms with Crippen LogP contribution in [-0.4, -0.2) is 26.0 Å². The van der Waals surface area contributed by atoms with Crippen molar-refractivity contribution in [3.05, 3.63) is 58.1 Å². The molecule has 0 saturated carbocycles. The summed E-state index contributed by atoms with van der Waals surface area (Å²) < 4.78 is 4.94. The van der Waals surface area contributed by atoms with Crippen LogP contribution in [-0.2, 0) is 4.74 Å². The van der Waals surface area contributed by atoms with Crippen molar-refractivity contribution in [3.8, 4) is 0 Å². The average Bonchev–Trinajstić information content (AvgIpc) is 2.56. The van der Waals surface area contributed by atoms with Crippen molar-refractivity contribution >= 4 is 46.9 Å². The molecule has 0 radical (unpaired) electrons. The molecule has 0 aliphatic heterocycles. The SMILES string of the molecule is CCOC(=O)c1ccc(/N=C\N(C)c2ccc(Cl)c(Cl)c2)cc1. The highest BCUT2D eigenvalue weighted by atomic mass is 35.5. The molecule has 0 heterocycles. The van der Waals surface area contributed by atoms with Gasteiger partial charge in [0.2, 0.25) is 0 Å². The van der Waals surface area contributed by atoms with Gasteiger partial charge in [-0.1, -0.05) is 23.2 Å². The maximum atomic E-state index is 11.6. The molecule has 0 aliphatic rings. The number of carbonyl (C=O) groups is 1. The molecule has 0 aromatic heterocycles. The maximum absolute atomic E-state index is 11.6. The van der Waals surface area contributed by atoms with E-state index in [0.29, 0.717) is 22.2 Å². The summed E-state index contributed by atoms with van der Waals surface area (Å²) in [6.07, 6.45) is 1.67. The summed E-state index contributed by atoms with van der Waals surface area (Å²) in [4.78, 5) is 17.7. The van der Waals surface area contributed by atoms with Crippen LogP contribution in [0.4, 0.5) is 11.4 Å². The molecule has 0 atom stereocenters. The molecule has 2 aromatic rings. The fraction of sp³-hybridized carbons (Fsp3) is 0.176. The zero-order valence-electron chi connectivity index (χ0n) is 12.8. The first-order valence-electron chi connectivity index (χ1n) is 7.00. The highest BCUT2D eigenvalue weighted by Gasteiger charge is 2.05. The summed E-state index contributed by atoms with van der Waals surface area (Å²) in [6, 6.07) is 12.2. The van der Waals surface area contributed by atoms with Crippen LogP contribution in [0.2, 0.25) is 10.0 Å². The number of aliphatic imine (C=N–C) groups is 1. The van der Waals surface area contributed by atoms with Crippen LogP contribution in [0.15, 0.2) is 47.5 Å². The number of benzene rings is 2. The lowest BCUT2D eigenvalue weighted by atomic mass is 10.2. The first-order valence-corrected chi connectivity index (χ1v) is 7.76. The van der Waals surface area contributed by atoms with Gasteiger partial charge in [0, 0.05) is 12.7 Å². The Labute approximate surface area is 145 Å². The minimum Gasteiger partial charge on any atom is -0.462 e. The van der Waals surface area contributed by atoms with E-state index in [9.17, 15) is 4.79 Å². The van der Waals surface area contributed by atoms with E-state index in [4.69, 9.17) is 27.9 Å². The molecule has 23 heavy (non-hydrogen) atoms. The van der Waals surface area contributed by atoms with Gasteiger partial charge in [-0.2, -0.15) is 0 Å². The fourth-order valence-corrected chi connectivity index (χ4v) is 2.11. The van der Waals surface area contributed by atoms with Gasteiger partial charge in [-0.05, 0) is 49.4 Å². The van der Waals surface area contributed by atoms with Crippen LogP contribution in [0, 0.1) is 0 Å². The standard InChI is InChI=1S/C17H16Cl2N2O2/c1-3-23-17(22)12-4-6-13(7-5-12)20-11-21(2)14-8-9-15(18)16(19)10-14/h4-11H,3H2,1-2H3/b20-11-. The summed E-state index contributed by atoms with van der Waals surface area (Å²) >= 11 is 11.9. The summed E-state index contributed by atoms with van der Waals surface area (Å²) in [7, 11) is 1.86. The van der Waals surface area contributed by atoms with Crippen molar-refractivity contribution in [3.63, 3.8) is 0 Å². The van der Waals surface area contributed by atoms with Crippen LogP contribution in [0.5, 0.6) is 0 Å². The van der Waals surface area contributed by atoms with E-state index < -0.39 is 0 Å². The van der Waals surface area contributed by atoms with Gasteiger partial charge in [-0.25, -0.2) is 9.79 Å². The second-order valence-corrected chi connectivity index (χ2v) is 5.54. The first-order chi connectivity index (χ1) is 11.0. The predicted octanol–water partition coefficient (Wildman–Crippen LogP) is 4.97. The molecule has 6 heteroatoms. The minimum absolute atomic E-state index is 0.337. The Morgan fingerprint density at radius 2 is 1.87 bits per heavy atom. The van der Waals surface area contributed by atoms with Gasteiger partial charge in [0.15, 0.2) is 0 Å². The zero-order chi connectivity index (χ0) is 16.8. The number of carbonyl (C=O) groups excluding carboxylic acids is 1. The van der Waals surface area contributed by atoms with Gasteiger partial charge in [0.25, 0.3) is 0 Å². The summed E-state index contributed by atoms with van der Waals surface area (Å²) in [5.74, 6) is -0.337. The van der Waals surface area contributed by atoms with E-state index in [1.165, 1.54) is 0 Å². The molecule has 120 valence electrons. The lowest BCUT2D eigenvalue weighted by Gasteiger charge is -2.13. The van der Waals surface area contributed by atoms with E-state index in [1.807, 2.05) is 18.0 Å². The van der Waals surface area contributed by atoms with Gasteiger partial charge >= 0.3 is 5.97 Å². The lowest BCUT2D eigenvalue weighted by molar-refractivity contribution is 0.0526. The fourth-order valence-electron chi connectivity index (χ4n) is 1.82. The van der Waals surface area contributed by atoms with E-state index in [0.717, 1.165) is 11.4 Å². The van der Waals surface area contributed by atoms with Crippen LogP contribution < -0.4 is 4.90 Å². The van der Waals surface area contributed by atoms with Crippen LogP contribution >= 0.6 is 23.2 Å². The Bertz CT molecular complexity index is 715. The van der Waals surface area contributed by atoms with Crippen molar-refractivity contribution in [2.45, 2.75) is 6.92 Å². The molecule has 0 bridgehead atoms. The molecular weight excluding hydrogens is 335 g/mol. The predicted molar refractivity (Wildman–Crippen MR) is 95.4 cm³/mol. The molecule has 0 amide bonds. The van der Waals surface area contributed by atoms with Gasteiger partial charge in [-0.15, -0.1) is 0 Å². The lowest BCUT2D eigenvalue weighted by Crippen LogP contribution is -2.13. The largest absolute Gasteiger partial charge is 0.462 e. The van der Waals surface area contributed by atoms with Gasteiger partial charge in [0.1, 0.15) is 0 Å². The molecule has 0 N–H and O–H groups in total. The van der Waals surface area contributed by atoms with Crippen LogP contribution in [0.3, 0.4) is 0 Å². The topological polar surface area (TPSA) is 41.9 Å². The average molecular weight is 351 g/mol. The van der Waals surface area contributed by atoms with Crippen molar-refractivity contribution in [1.29, 1.82) is 0 Å². The van der Waals surface area contributed by atoms with Crippen molar-refractivity contribution in [2.75, 3.05) is 18.6 Å². The third kappa shape index (κ3) is 4.71. The van der Waals surface area contributed by atoms with Gasteiger partial charge in [0.05, 0.1) is 34.2 Å². The van der Waals surface area contributed by atoms with E-state index in [-0.39, 0.29) is 5.97 Å². The Morgan fingerprint density at radius 1 is 1.17 bits per heavy atom. The Hall–Kier alpha value is -2.04. The second kappa shape index (κ2) is 7.99. The molecule has 0 fully saturated rings. The quantitative estimate of drug-likeness (QED) is 0.434. The molecular formula is C17H16Cl2N2O2. The molecule has 0 spiro atoms. The van der Waals surface area contributed by atoms with Crippen molar-refractivity contribution < 1.29 is 9.53 Å². The Morgan fingerprint density at radius 3 is 2.48 bits per heavy atom. The molecule has 2 aromatic carbocycles. The third-order valence-electron chi connectivity index (χ3n) is 3.07. The van der Waals surface area contributed by atoms with Crippen molar-refractivity contribution in [1.82, 2.24) is 0 Å². The zero-order valence-corrected chi connectivity index (χ0v) is 14.3. The van der Waals surface area contributed by atoms with Crippen molar-refractivity contribution in [2.24, 2.45) is 4.99 Å². The number of rotatable bonds is 5. The number of hydrogen-bond acceptors (Lipinski definition) is 3. The normalized spacial score (nSPS) is 10.8. The van der Waals surface area contributed by atoms with Gasteiger partial charge < -0.3 is 9.64 Å². The van der Waals surface area contributed by atoms with E-state index in [2.05, 4.69) is 4.99 Å². The molecule has 0 saturated heterocycles. The highest BCUT2D eigenvalue weighted by Crippen LogP contribution is 2.26. The van der Waals surface area contributed by atoms with Crippen LogP contribution in [0.1, 0.15) is 17.3 Å². The molecule has 2 rings (SSSR count). The molecule has 0 unspecified atom stereocenters. The van der Waals surface area contributed by atoms with E-state index in [1.54, 1.807) is 49.7 Å². The van der Waals surface area contributed by atoms with Gasteiger partial charge in [-0.3, -0.25) is 0 Å². The number of halogens is 2. The summed E-state index contributed by atoms with van der Waals surface area (Å²) in [5, 5.41) is 0.999. The molecule has 0 aliphatic carbocycles. The number of ether oxygens (including phenoxy) is 1. The smallest absolute Gasteiger partial charge is 0.338 e. The van der Waals surface area contributed by atoms with E-state index >= 15 is 0 Å². The maximum Gasteiger partial charge on any atom is 0.338 e. The number of esters is 1. The first kappa shape index (κ1) is 17.3. The summed E-state index contributed by atoms with van der Waals surface area (Å²) in [6.45, 7) is 2.13. The number of hydrogen-bond donors (Lipinski definition) is 0. The monoisotopic (exact) mass is 350 g/mol. The summed E-state index contributed by atoms with van der Waals surface area (Å²) in [5.41, 5.74) is 2.10. The van der Waals surface area contributed by atoms with Crippen LogP contribution in [0.25, 0.3) is 0 Å².